The van der Waals surface area contributed by atoms with E-state index in [1.54, 1.807) is 24.3 Å². The van der Waals surface area contributed by atoms with Gasteiger partial charge < -0.3 is 10.6 Å². The minimum atomic E-state index is -0.966. The first-order valence-electron chi connectivity index (χ1n) is 7.55. The number of carbonyl (C=O) groups is 2. The van der Waals surface area contributed by atoms with Crippen molar-refractivity contribution in [3.05, 3.63) is 74.7 Å². The largest absolute Gasteiger partial charge is 0.345 e. The third-order valence-corrected chi connectivity index (χ3v) is 4.49. The van der Waals surface area contributed by atoms with Gasteiger partial charge in [-0.1, -0.05) is 35.1 Å². The number of amides is 2. The van der Waals surface area contributed by atoms with E-state index in [1.165, 1.54) is 0 Å². The Kier molecular flexibility index (Phi) is 5.72. The maximum atomic E-state index is 13.6. The monoisotopic (exact) mass is 408 g/mol. The van der Waals surface area contributed by atoms with E-state index in [0.29, 0.717) is 15.7 Å². The van der Waals surface area contributed by atoms with Gasteiger partial charge in [-0.25, -0.2) is 8.78 Å². The highest BCUT2D eigenvalue weighted by molar-refractivity contribution is 7.13. The third kappa shape index (κ3) is 4.63. The zero-order chi connectivity index (χ0) is 19.4. The van der Waals surface area contributed by atoms with Gasteiger partial charge in [-0.3, -0.25) is 9.59 Å². The normalized spacial score (nSPS) is 10.5. The molecule has 0 spiro atoms. The zero-order valence-electron chi connectivity index (χ0n) is 13.5. The van der Waals surface area contributed by atoms with Crippen molar-refractivity contribution in [2.75, 3.05) is 5.32 Å². The highest BCUT2D eigenvalue weighted by Crippen LogP contribution is 2.17. The smallest absolute Gasteiger partial charge is 0.286 e. The Morgan fingerprint density at radius 1 is 1.04 bits per heavy atom. The molecule has 3 aromatic rings. The number of benzene rings is 2. The van der Waals surface area contributed by atoms with E-state index in [4.69, 9.17) is 11.6 Å². The van der Waals surface area contributed by atoms with Crippen LogP contribution in [0.2, 0.25) is 5.02 Å². The van der Waals surface area contributed by atoms with Crippen LogP contribution in [0, 0.1) is 11.6 Å². The number of halogens is 3. The summed E-state index contributed by atoms with van der Waals surface area (Å²) in [5.74, 6) is -3.35. The Labute approximate surface area is 161 Å². The molecule has 2 aromatic carbocycles. The molecule has 1 heterocycles. The van der Waals surface area contributed by atoms with Crippen LogP contribution in [0.5, 0.6) is 0 Å². The fourth-order valence-electron chi connectivity index (χ4n) is 2.13. The number of aromatic nitrogens is 2. The summed E-state index contributed by atoms with van der Waals surface area (Å²) >= 11 is 6.79. The average molecular weight is 409 g/mol. The van der Waals surface area contributed by atoms with E-state index in [2.05, 4.69) is 20.8 Å². The van der Waals surface area contributed by atoms with Crippen LogP contribution in [0.15, 0.2) is 42.5 Å². The molecule has 138 valence electrons. The van der Waals surface area contributed by atoms with Crippen LogP contribution in [0.25, 0.3) is 0 Å². The number of hydrogen-bond donors (Lipinski definition) is 2. The van der Waals surface area contributed by atoms with Crippen molar-refractivity contribution in [1.29, 1.82) is 0 Å². The summed E-state index contributed by atoms with van der Waals surface area (Å²) in [5, 5.41) is 13.3. The Bertz CT molecular complexity index is 992. The molecular formula is C17H11ClF2N4O2S. The molecule has 0 bridgehead atoms. The molecule has 0 unspecified atom stereocenters. The fraction of sp³-hybridized carbons (Fsp3) is 0.0588. The van der Waals surface area contributed by atoms with E-state index in [-0.39, 0.29) is 11.6 Å². The number of carbonyl (C=O) groups excluding carboxylic acids is 2. The van der Waals surface area contributed by atoms with Crippen molar-refractivity contribution in [3.8, 4) is 0 Å². The van der Waals surface area contributed by atoms with Crippen LogP contribution < -0.4 is 10.6 Å². The van der Waals surface area contributed by atoms with E-state index in [0.717, 1.165) is 29.5 Å². The lowest BCUT2D eigenvalue weighted by Crippen LogP contribution is -2.25. The van der Waals surface area contributed by atoms with Gasteiger partial charge >= 0.3 is 0 Å². The molecule has 10 heteroatoms. The summed E-state index contributed by atoms with van der Waals surface area (Å²) in [4.78, 5) is 24.1. The second-order valence-electron chi connectivity index (χ2n) is 5.24. The maximum Gasteiger partial charge on any atom is 0.286 e. The van der Waals surface area contributed by atoms with Crippen LogP contribution in [-0.4, -0.2) is 22.0 Å². The predicted molar refractivity (Wildman–Crippen MR) is 96.8 cm³/mol. The minimum absolute atomic E-state index is 0.0660. The Balaban J connectivity index is 1.62. The topological polar surface area (TPSA) is 84.0 Å². The van der Waals surface area contributed by atoms with Crippen molar-refractivity contribution >= 4 is 40.4 Å². The Hall–Kier alpha value is -2.91. The first-order valence-corrected chi connectivity index (χ1v) is 8.75. The van der Waals surface area contributed by atoms with Crippen LogP contribution in [0.4, 0.5) is 14.5 Å². The standard InChI is InChI=1S/C17H11ClF2N4O2S/c18-9-3-1-4-10(7-9)22-16(26)17-24-23-13(27-17)8-21-15(25)14-11(19)5-2-6-12(14)20/h1-7H,8H2,(H,21,25)(H,22,26). The second kappa shape index (κ2) is 8.19. The molecule has 0 atom stereocenters. The van der Waals surface area contributed by atoms with Gasteiger partial charge in [-0.05, 0) is 30.3 Å². The minimum Gasteiger partial charge on any atom is -0.345 e. The summed E-state index contributed by atoms with van der Waals surface area (Å²) in [6.07, 6.45) is 0. The molecule has 0 saturated carbocycles. The molecule has 1 aromatic heterocycles. The lowest BCUT2D eigenvalue weighted by atomic mass is 10.2. The molecule has 0 aliphatic heterocycles. The summed E-state index contributed by atoms with van der Waals surface area (Å²) < 4.78 is 27.2. The number of nitrogens with zero attached hydrogens (tertiary/aromatic N) is 2. The summed E-state index contributed by atoms with van der Waals surface area (Å²) in [6.45, 7) is -0.130. The van der Waals surface area contributed by atoms with Gasteiger partial charge in [0.2, 0.25) is 5.01 Å². The lowest BCUT2D eigenvalue weighted by molar-refractivity contribution is 0.0941. The first-order chi connectivity index (χ1) is 12.9. The van der Waals surface area contributed by atoms with Crippen LogP contribution in [0.3, 0.4) is 0 Å². The lowest BCUT2D eigenvalue weighted by Gasteiger charge is -2.05. The molecule has 0 radical (unpaired) electrons. The Morgan fingerprint density at radius 3 is 2.44 bits per heavy atom. The van der Waals surface area contributed by atoms with Gasteiger partial charge in [0.05, 0.1) is 6.54 Å². The average Bonchev–Trinajstić information content (AvgIpc) is 3.09. The van der Waals surface area contributed by atoms with Gasteiger partial charge in [0.1, 0.15) is 22.2 Å². The van der Waals surface area contributed by atoms with Crippen LogP contribution in [0.1, 0.15) is 25.2 Å². The van der Waals surface area contributed by atoms with Crippen molar-refractivity contribution in [1.82, 2.24) is 15.5 Å². The van der Waals surface area contributed by atoms with E-state index < -0.39 is 29.0 Å². The molecule has 0 aliphatic carbocycles. The SMILES string of the molecule is O=C(Nc1cccc(Cl)c1)c1nnc(CNC(=O)c2c(F)cccc2F)s1. The summed E-state index contributed by atoms with van der Waals surface area (Å²) in [6, 6.07) is 9.72. The number of rotatable bonds is 5. The zero-order valence-corrected chi connectivity index (χ0v) is 15.1. The molecule has 2 N–H and O–H groups in total. The van der Waals surface area contributed by atoms with Gasteiger partial charge in [0, 0.05) is 10.7 Å². The van der Waals surface area contributed by atoms with Gasteiger partial charge in [0.25, 0.3) is 11.8 Å². The molecular weight excluding hydrogens is 398 g/mol. The van der Waals surface area contributed by atoms with Crippen molar-refractivity contribution in [2.45, 2.75) is 6.54 Å². The Morgan fingerprint density at radius 2 is 1.74 bits per heavy atom. The van der Waals surface area contributed by atoms with Crippen molar-refractivity contribution in [2.24, 2.45) is 0 Å². The quantitative estimate of drug-likeness (QED) is 0.675. The molecule has 27 heavy (non-hydrogen) atoms. The van der Waals surface area contributed by atoms with Crippen molar-refractivity contribution in [3.63, 3.8) is 0 Å². The predicted octanol–water partition coefficient (Wildman–Crippen LogP) is 3.65. The number of anilines is 1. The number of nitrogens with one attached hydrogen (secondary N) is 2. The summed E-state index contributed by atoms with van der Waals surface area (Å²) in [5.41, 5.74) is -0.187. The van der Waals surface area contributed by atoms with Crippen molar-refractivity contribution < 1.29 is 18.4 Å². The number of hydrogen-bond acceptors (Lipinski definition) is 5. The summed E-state index contributed by atoms with van der Waals surface area (Å²) in [7, 11) is 0. The molecule has 0 saturated heterocycles. The van der Waals surface area contributed by atoms with Gasteiger partial charge in [0.15, 0.2) is 0 Å². The fourth-order valence-corrected chi connectivity index (χ4v) is 2.99. The third-order valence-electron chi connectivity index (χ3n) is 3.33. The molecule has 6 nitrogen and oxygen atoms in total. The van der Waals surface area contributed by atoms with Crippen LogP contribution >= 0.6 is 22.9 Å². The first kappa shape index (κ1) is 18.9. The van der Waals surface area contributed by atoms with Gasteiger partial charge in [-0.15, -0.1) is 10.2 Å². The van der Waals surface area contributed by atoms with E-state index in [1.807, 2.05) is 0 Å². The van der Waals surface area contributed by atoms with Crippen LogP contribution in [-0.2, 0) is 6.54 Å². The molecule has 3 rings (SSSR count). The van der Waals surface area contributed by atoms with E-state index in [9.17, 15) is 18.4 Å². The molecule has 2 amide bonds. The highest BCUT2D eigenvalue weighted by Gasteiger charge is 2.18. The maximum absolute atomic E-state index is 13.6. The second-order valence-corrected chi connectivity index (χ2v) is 6.74. The molecule has 0 fully saturated rings. The highest BCUT2D eigenvalue weighted by atomic mass is 35.5. The molecule has 0 aliphatic rings. The van der Waals surface area contributed by atoms with Gasteiger partial charge in [-0.2, -0.15) is 0 Å². The van der Waals surface area contributed by atoms with E-state index >= 15 is 0 Å².